The summed E-state index contributed by atoms with van der Waals surface area (Å²) in [6.07, 6.45) is 0.905. The standard InChI is InChI=1S/C33H35NO9/c35-14-1-15-39-31(36)16-23-2-8-26(9-3-23)34(27-10-4-24(5-11-27)17-32(37)42-21-29-19-40-29)28-12-6-25(7-13-28)18-33(38)43-22-30-20-41-30/h2-13,29-30,35H,1,14-22H2. The second-order valence-electron chi connectivity index (χ2n) is 10.4. The molecule has 0 amide bonds. The Labute approximate surface area is 250 Å². The van der Waals surface area contributed by atoms with Crippen molar-refractivity contribution in [2.75, 3.05) is 44.5 Å². The van der Waals surface area contributed by atoms with Crippen molar-refractivity contribution in [1.29, 1.82) is 0 Å². The summed E-state index contributed by atoms with van der Waals surface area (Å²) < 4.78 is 25.9. The van der Waals surface area contributed by atoms with E-state index in [1.165, 1.54) is 0 Å². The summed E-state index contributed by atoms with van der Waals surface area (Å²) in [5, 5.41) is 8.88. The Kier molecular flexibility index (Phi) is 10.4. The zero-order chi connectivity index (χ0) is 30.0. The number of aliphatic hydroxyl groups excluding tert-OH is 1. The number of carbonyl (C=O) groups is 3. The first-order valence-electron chi connectivity index (χ1n) is 14.3. The summed E-state index contributed by atoms with van der Waals surface area (Å²) in [7, 11) is 0. The number of hydrogen-bond donors (Lipinski definition) is 1. The predicted octanol–water partition coefficient (Wildman–Crippen LogP) is 3.59. The quantitative estimate of drug-likeness (QED) is 0.115. The van der Waals surface area contributed by atoms with Gasteiger partial charge in [0.05, 0.1) is 39.1 Å². The molecule has 2 aliphatic rings. The van der Waals surface area contributed by atoms with Gasteiger partial charge in [-0.05, 0) is 53.1 Å². The Balaban J connectivity index is 1.30. The first-order chi connectivity index (χ1) is 21.0. The molecule has 10 heteroatoms. The average molecular weight is 590 g/mol. The van der Waals surface area contributed by atoms with E-state index in [0.29, 0.717) is 19.6 Å². The van der Waals surface area contributed by atoms with Gasteiger partial charge in [0.1, 0.15) is 25.4 Å². The fourth-order valence-electron chi connectivity index (χ4n) is 4.34. The minimum atomic E-state index is -0.351. The number of epoxide rings is 2. The Morgan fingerprint density at radius 3 is 1.30 bits per heavy atom. The molecule has 43 heavy (non-hydrogen) atoms. The minimum absolute atomic E-state index is 0.0255. The number of ether oxygens (including phenoxy) is 5. The van der Waals surface area contributed by atoms with Crippen LogP contribution < -0.4 is 4.90 Å². The van der Waals surface area contributed by atoms with Gasteiger partial charge in [0.25, 0.3) is 0 Å². The van der Waals surface area contributed by atoms with Crippen LogP contribution in [0.15, 0.2) is 72.8 Å². The molecule has 3 aromatic rings. The molecular formula is C33H35NO9. The van der Waals surface area contributed by atoms with E-state index in [1.807, 2.05) is 77.7 Å². The molecule has 3 aromatic carbocycles. The molecular weight excluding hydrogens is 554 g/mol. The SMILES string of the molecule is O=C(Cc1ccc(N(c2ccc(CC(=O)OCC3CO3)cc2)c2ccc(CC(=O)OCC3CO3)cc2)cc1)OCCCO. The van der Waals surface area contributed by atoms with E-state index in [-0.39, 0.29) is 75.8 Å². The third kappa shape index (κ3) is 9.64. The number of aliphatic hydroxyl groups is 1. The average Bonchev–Trinajstić information content (AvgIpc) is 3.94. The van der Waals surface area contributed by atoms with E-state index in [2.05, 4.69) is 0 Å². The van der Waals surface area contributed by atoms with Gasteiger partial charge in [0.2, 0.25) is 0 Å². The fraction of sp³-hybridized carbons (Fsp3) is 0.364. The van der Waals surface area contributed by atoms with E-state index in [0.717, 1.165) is 33.8 Å². The number of hydrogen-bond acceptors (Lipinski definition) is 10. The van der Waals surface area contributed by atoms with Crippen LogP contribution in [-0.4, -0.2) is 74.9 Å². The van der Waals surface area contributed by atoms with E-state index in [1.54, 1.807) is 0 Å². The number of esters is 3. The lowest BCUT2D eigenvalue weighted by molar-refractivity contribution is -0.144. The second-order valence-corrected chi connectivity index (χ2v) is 10.4. The predicted molar refractivity (Wildman–Crippen MR) is 156 cm³/mol. The smallest absolute Gasteiger partial charge is 0.310 e. The maximum Gasteiger partial charge on any atom is 0.310 e. The molecule has 1 N–H and O–H groups in total. The second kappa shape index (κ2) is 14.8. The van der Waals surface area contributed by atoms with E-state index in [4.69, 9.17) is 28.8 Å². The van der Waals surface area contributed by atoms with Crippen molar-refractivity contribution >= 4 is 35.0 Å². The summed E-state index contributed by atoms with van der Waals surface area (Å²) in [5.74, 6) is -0.954. The highest BCUT2D eigenvalue weighted by molar-refractivity contribution is 5.79. The Morgan fingerprint density at radius 2 is 0.977 bits per heavy atom. The Hall–Kier alpha value is -4.25. The molecule has 0 aliphatic carbocycles. The van der Waals surface area contributed by atoms with Gasteiger partial charge in [-0.15, -0.1) is 0 Å². The Bertz CT molecular complexity index is 1290. The summed E-state index contributed by atoms with van der Waals surface area (Å²) >= 11 is 0. The van der Waals surface area contributed by atoms with Crippen molar-refractivity contribution in [3.63, 3.8) is 0 Å². The molecule has 2 heterocycles. The van der Waals surface area contributed by atoms with Crippen molar-refractivity contribution in [2.45, 2.75) is 37.9 Å². The molecule has 0 radical (unpaired) electrons. The number of benzene rings is 3. The van der Waals surface area contributed by atoms with Gasteiger partial charge in [-0.2, -0.15) is 0 Å². The molecule has 0 saturated carbocycles. The van der Waals surface area contributed by atoms with E-state index >= 15 is 0 Å². The highest BCUT2D eigenvalue weighted by atomic mass is 16.6. The van der Waals surface area contributed by atoms with Crippen LogP contribution in [0, 0.1) is 0 Å². The van der Waals surface area contributed by atoms with Crippen molar-refractivity contribution < 1.29 is 43.2 Å². The number of anilines is 3. The highest BCUT2D eigenvalue weighted by Gasteiger charge is 2.25. The van der Waals surface area contributed by atoms with E-state index < -0.39 is 0 Å². The first kappa shape index (κ1) is 30.2. The lowest BCUT2D eigenvalue weighted by atomic mass is 10.1. The third-order valence-corrected chi connectivity index (χ3v) is 6.86. The monoisotopic (exact) mass is 589 g/mol. The first-order valence-corrected chi connectivity index (χ1v) is 14.3. The molecule has 10 nitrogen and oxygen atoms in total. The lowest BCUT2D eigenvalue weighted by Crippen LogP contribution is -2.13. The van der Waals surface area contributed by atoms with Gasteiger partial charge in [0.15, 0.2) is 0 Å². The molecule has 0 spiro atoms. The van der Waals surface area contributed by atoms with Gasteiger partial charge in [0, 0.05) is 30.1 Å². The maximum atomic E-state index is 12.2. The number of rotatable bonds is 16. The van der Waals surface area contributed by atoms with Crippen molar-refractivity contribution in [1.82, 2.24) is 0 Å². The van der Waals surface area contributed by atoms with Crippen molar-refractivity contribution in [3.8, 4) is 0 Å². The van der Waals surface area contributed by atoms with Crippen LogP contribution in [0.3, 0.4) is 0 Å². The summed E-state index contributed by atoms with van der Waals surface area (Å²) in [5.41, 5.74) is 5.02. The van der Waals surface area contributed by atoms with Crippen LogP contribution in [0.5, 0.6) is 0 Å². The summed E-state index contributed by atoms with van der Waals surface area (Å²) in [6, 6.07) is 22.9. The van der Waals surface area contributed by atoms with Crippen LogP contribution in [0.1, 0.15) is 23.1 Å². The highest BCUT2D eigenvalue weighted by Crippen LogP contribution is 2.35. The molecule has 2 atom stereocenters. The molecule has 0 bridgehead atoms. The maximum absolute atomic E-state index is 12.2. The third-order valence-electron chi connectivity index (χ3n) is 6.86. The van der Waals surface area contributed by atoms with Gasteiger partial charge < -0.3 is 33.7 Å². The molecule has 226 valence electrons. The van der Waals surface area contributed by atoms with Crippen LogP contribution in [0.4, 0.5) is 17.1 Å². The van der Waals surface area contributed by atoms with Gasteiger partial charge in [-0.1, -0.05) is 36.4 Å². The fourth-order valence-corrected chi connectivity index (χ4v) is 4.34. The molecule has 2 aliphatic heterocycles. The Morgan fingerprint density at radius 1 is 0.628 bits per heavy atom. The van der Waals surface area contributed by atoms with Gasteiger partial charge >= 0.3 is 17.9 Å². The summed E-state index contributed by atoms with van der Waals surface area (Å²) in [6.45, 7) is 1.99. The minimum Gasteiger partial charge on any atom is -0.465 e. The number of carbonyl (C=O) groups excluding carboxylic acids is 3. The largest absolute Gasteiger partial charge is 0.465 e. The zero-order valence-corrected chi connectivity index (χ0v) is 23.8. The van der Waals surface area contributed by atoms with Gasteiger partial charge in [-0.3, -0.25) is 14.4 Å². The lowest BCUT2D eigenvalue weighted by Gasteiger charge is -2.26. The topological polar surface area (TPSA) is 127 Å². The summed E-state index contributed by atoms with van der Waals surface area (Å²) in [4.78, 5) is 38.6. The van der Waals surface area contributed by atoms with Crippen LogP contribution in [0.2, 0.25) is 0 Å². The van der Waals surface area contributed by atoms with Crippen molar-refractivity contribution in [2.24, 2.45) is 0 Å². The van der Waals surface area contributed by atoms with Crippen LogP contribution >= 0.6 is 0 Å². The van der Waals surface area contributed by atoms with Gasteiger partial charge in [-0.25, -0.2) is 0 Å². The molecule has 2 saturated heterocycles. The molecule has 5 rings (SSSR count). The normalized spacial score (nSPS) is 16.7. The van der Waals surface area contributed by atoms with Crippen molar-refractivity contribution in [3.05, 3.63) is 89.5 Å². The zero-order valence-electron chi connectivity index (χ0n) is 23.8. The molecule has 2 fully saturated rings. The van der Waals surface area contributed by atoms with Crippen LogP contribution in [-0.2, 0) is 57.3 Å². The molecule has 2 unspecified atom stereocenters. The van der Waals surface area contributed by atoms with Crippen LogP contribution in [0.25, 0.3) is 0 Å². The number of nitrogens with zero attached hydrogens (tertiary/aromatic N) is 1. The van der Waals surface area contributed by atoms with E-state index in [9.17, 15) is 14.4 Å². The molecule has 0 aromatic heterocycles.